The topological polar surface area (TPSA) is 21.3 Å². The maximum atomic E-state index is 5.86. The van der Waals surface area contributed by atoms with Gasteiger partial charge in [-0.1, -0.05) is 34.8 Å². The molecule has 2 nitrogen and oxygen atoms in total. The van der Waals surface area contributed by atoms with Crippen LogP contribution in [-0.4, -0.2) is 13.2 Å². The van der Waals surface area contributed by atoms with Crippen LogP contribution in [0.15, 0.2) is 22.7 Å². The van der Waals surface area contributed by atoms with Crippen LogP contribution >= 0.6 is 15.9 Å². The van der Waals surface area contributed by atoms with Crippen LogP contribution in [0.25, 0.3) is 0 Å². The Morgan fingerprint density at radius 3 is 2.84 bits per heavy atom. The number of ether oxygens (including phenoxy) is 1. The van der Waals surface area contributed by atoms with Crippen LogP contribution in [0.4, 0.5) is 0 Å². The fraction of sp³-hybridized carbons (Fsp3) is 0.625. The minimum absolute atomic E-state index is 0.464. The summed E-state index contributed by atoms with van der Waals surface area (Å²) in [5.74, 6) is 1.94. The highest BCUT2D eigenvalue weighted by Gasteiger charge is 2.22. The zero-order valence-corrected chi connectivity index (χ0v) is 12.9. The van der Waals surface area contributed by atoms with Gasteiger partial charge < -0.3 is 10.1 Å². The third-order valence-electron chi connectivity index (χ3n) is 4.37. The monoisotopic (exact) mass is 323 g/mol. The Bertz CT molecular complexity index is 429. The molecule has 0 saturated heterocycles. The Balaban J connectivity index is 1.70. The van der Waals surface area contributed by atoms with Crippen LogP contribution in [0.2, 0.25) is 0 Å². The van der Waals surface area contributed by atoms with Crippen molar-refractivity contribution in [2.24, 2.45) is 5.92 Å². The summed E-state index contributed by atoms with van der Waals surface area (Å²) in [6.45, 7) is 2.01. The summed E-state index contributed by atoms with van der Waals surface area (Å²) in [7, 11) is 0. The molecular formula is C16H22BrNO. The van der Waals surface area contributed by atoms with Crippen molar-refractivity contribution in [3.05, 3.63) is 28.2 Å². The van der Waals surface area contributed by atoms with Crippen LogP contribution in [0.5, 0.6) is 5.75 Å². The molecule has 1 saturated carbocycles. The molecule has 0 aromatic heterocycles. The van der Waals surface area contributed by atoms with Gasteiger partial charge >= 0.3 is 0 Å². The van der Waals surface area contributed by atoms with Crippen LogP contribution < -0.4 is 10.1 Å². The van der Waals surface area contributed by atoms with E-state index in [0.29, 0.717) is 6.04 Å². The van der Waals surface area contributed by atoms with E-state index in [1.54, 1.807) is 0 Å². The maximum absolute atomic E-state index is 5.86. The van der Waals surface area contributed by atoms with E-state index in [4.69, 9.17) is 4.74 Å². The van der Waals surface area contributed by atoms with E-state index in [1.165, 1.54) is 44.2 Å². The van der Waals surface area contributed by atoms with Gasteiger partial charge in [0.15, 0.2) is 0 Å². The molecule has 0 amide bonds. The Hall–Kier alpha value is -0.540. The van der Waals surface area contributed by atoms with E-state index in [9.17, 15) is 0 Å². The van der Waals surface area contributed by atoms with E-state index in [0.717, 1.165) is 29.2 Å². The molecule has 1 aromatic rings. The molecule has 1 N–H and O–H groups in total. The van der Waals surface area contributed by atoms with Gasteiger partial charge in [0.1, 0.15) is 5.75 Å². The highest BCUT2D eigenvalue weighted by atomic mass is 79.9. The molecule has 19 heavy (non-hydrogen) atoms. The maximum Gasteiger partial charge on any atom is 0.125 e. The average Bonchev–Trinajstić information content (AvgIpc) is 2.84. The van der Waals surface area contributed by atoms with Gasteiger partial charge in [0.05, 0.1) is 6.61 Å². The first-order valence-corrected chi connectivity index (χ1v) is 8.28. The van der Waals surface area contributed by atoms with Crippen LogP contribution in [0, 0.1) is 5.92 Å². The van der Waals surface area contributed by atoms with Crippen LogP contribution in [0.3, 0.4) is 0 Å². The molecule has 2 aliphatic rings. The van der Waals surface area contributed by atoms with Gasteiger partial charge in [0.25, 0.3) is 0 Å². The molecule has 1 unspecified atom stereocenters. The third-order valence-corrected chi connectivity index (χ3v) is 4.87. The number of halogens is 1. The number of rotatable bonds is 3. The molecule has 104 valence electrons. The lowest BCUT2D eigenvalue weighted by molar-refractivity contribution is 0.314. The summed E-state index contributed by atoms with van der Waals surface area (Å²) in [4.78, 5) is 0. The van der Waals surface area contributed by atoms with Crippen molar-refractivity contribution in [1.29, 1.82) is 0 Å². The average molecular weight is 324 g/mol. The summed E-state index contributed by atoms with van der Waals surface area (Å²) >= 11 is 3.53. The largest absolute Gasteiger partial charge is 0.493 e. The molecule has 1 fully saturated rings. The lowest BCUT2D eigenvalue weighted by Gasteiger charge is -2.21. The fourth-order valence-electron chi connectivity index (χ4n) is 3.28. The molecule has 1 heterocycles. The Kier molecular flexibility index (Phi) is 4.44. The van der Waals surface area contributed by atoms with Crippen molar-refractivity contribution in [3.8, 4) is 5.75 Å². The number of benzene rings is 1. The van der Waals surface area contributed by atoms with Gasteiger partial charge in [-0.15, -0.1) is 0 Å². The first-order chi connectivity index (χ1) is 9.33. The summed E-state index contributed by atoms with van der Waals surface area (Å²) < 4.78 is 6.96. The first-order valence-electron chi connectivity index (χ1n) is 7.48. The van der Waals surface area contributed by atoms with E-state index in [-0.39, 0.29) is 0 Å². The third kappa shape index (κ3) is 3.32. The lowest BCUT2D eigenvalue weighted by atomic mass is 10.0. The number of hydrogen-bond donors (Lipinski definition) is 1. The smallest absolute Gasteiger partial charge is 0.125 e. The highest BCUT2D eigenvalue weighted by Crippen LogP contribution is 2.34. The summed E-state index contributed by atoms with van der Waals surface area (Å²) in [5.41, 5.74) is 1.33. The molecule has 1 aliphatic carbocycles. The van der Waals surface area contributed by atoms with Crippen molar-refractivity contribution in [3.63, 3.8) is 0 Å². The summed E-state index contributed by atoms with van der Waals surface area (Å²) in [6.07, 6.45) is 7.97. The Morgan fingerprint density at radius 1 is 1.16 bits per heavy atom. The number of hydrogen-bond acceptors (Lipinski definition) is 2. The van der Waals surface area contributed by atoms with E-state index in [1.807, 2.05) is 0 Å². The standard InChI is InChI=1S/C16H22BrNO/c17-13-7-8-14-15(6-3-9-19-16(14)10-13)18-11-12-4-1-2-5-12/h7-8,10,12,15,18H,1-6,9,11H2. The predicted octanol–water partition coefficient (Wildman–Crippen LogP) is 4.44. The minimum atomic E-state index is 0.464. The molecule has 0 spiro atoms. The molecule has 1 aliphatic heterocycles. The SMILES string of the molecule is Brc1ccc2c(c1)OCCCC2NCC1CCCC1. The van der Waals surface area contributed by atoms with Crippen molar-refractivity contribution in [2.75, 3.05) is 13.2 Å². The van der Waals surface area contributed by atoms with E-state index >= 15 is 0 Å². The minimum Gasteiger partial charge on any atom is -0.493 e. The van der Waals surface area contributed by atoms with E-state index < -0.39 is 0 Å². The molecule has 1 atom stereocenters. The van der Waals surface area contributed by atoms with Gasteiger partial charge in [-0.3, -0.25) is 0 Å². The van der Waals surface area contributed by atoms with Crippen molar-refractivity contribution in [1.82, 2.24) is 5.32 Å². The summed E-state index contributed by atoms with van der Waals surface area (Å²) in [6, 6.07) is 6.89. The lowest BCUT2D eigenvalue weighted by Crippen LogP contribution is -2.26. The van der Waals surface area contributed by atoms with Gasteiger partial charge in [-0.05, 0) is 50.3 Å². The molecule has 1 aromatic carbocycles. The normalized spacial score (nSPS) is 23.7. The number of fused-ring (bicyclic) bond motifs is 1. The zero-order valence-electron chi connectivity index (χ0n) is 11.3. The van der Waals surface area contributed by atoms with Gasteiger partial charge in [-0.2, -0.15) is 0 Å². The quantitative estimate of drug-likeness (QED) is 0.887. The van der Waals surface area contributed by atoms with Crippen molar-refractivity contribution >= 4 is 15.9 Å². The van der Waals surface area contributed by atoms with Gasteiger partial charge in [-0.25, -0.2) is 0 Å². The predicted molar refractivity (Wildman–Crippen MR) is 81.6 cm³/mol. The second kappa shape index (κ2) is 6.27. The van der Waals surface area contributed by atoms with Crippen molar-refractivity contribution < 1.29 is 4.74 Å². The Morgan fingerprint density at radius 2 is 2.00 bits per heavy atom. The van der Waals surface area contributed by atoms with Crippen LogP contribution in [-0.2, 0) is 0 Å². The fourth-order valence-corrected chi connectivity index (χ4v) is 3.62. The summed E-state index contributed by atoms with van der Waals surface area (Å²) in [5, 5.41) is 3.78. The molecular weight excluding hydrogens is 302 g/mol. The second-order valence-electron chi connectivity index (χ2n) is 5.78. The Labute approximate surface area is 124 Å². The first kappa shape index (κ1) is 13.4. The molecule has 0 radical (unpaired) electrons. The highest BCUT2D eigenvalue weighted by molar-refractivity contribution is 9.10. The molecule has 3 rings (SSSR count). The van der Waals surface area contributed by atoms with Gasteiger partial charge in [0, 0.05) is 16.1 Å². The number of nitrogens with one attached hydrogen (secondary N) is 1. The van der Waals surface area contributed by atoms with Gasteiger partial charge in [0.2, 0.25) is 0 Å². The van der Waals surface area contributed by atoms with E-state index in [2.05, 4.69) is 39.4 Å². The molecule has 3 heteroatoms. The van der Waals surface area contributed by atoms with Crippen LogP contribution in [0.1, 0.15) is 50.1 Å². The molecule has 0 bridgehead atoms. The zero-order chi connectivity index (χ0) is 13.1. The van der Waals surface area contributed by atoms with Crippen molar-refractivity contribution in [2.45, 2.75) is 44.6 Å². The second-order valence-corrected chi connectivity index (χ2v) is 6.70.